The zero-order chi connectivity index (χ0) is 25.8. The normalized spacial score (nSPS) is 15.0. The molecule has 0 heterocycles. The van der Waals surface area contributed by atoms with Crippen molar-refractivity contribution in [2.75, 3.05) is 17.1 Å². The maximum Gasteiger partial charge on any atom is 0.244 e. The summed E-state index contributed by atoms with van der Waals surface area (Å²) in [6.45, 7) is 3.23. The van der Waals surface area contributed by atoms with E-state index in [1.165, 1.54) is 17.0 Å². The lowest BCUT2D eigenvalue weighted by atomic mass is 10.1. The number of anilines is 1. The van der Waals surface area contributed by atoms with Gasteiger partial charge in [-0.05, 0) is 49.9 Å². The minimum Gasteiger partial charge on any atom is -0.352 e. The van der Waals surface area contributed by atoms with Crippen LogP contribution < -0.4 is 9.62 Å². The van der Waals surface area contributed by atoms with Gasteiger partial charge in [0, 0.05) is 12.6 Å². The van der Waals surface area contributed by atoms with Crippen molar-refractivity contribution >= 4 is 50.7 Å². The number of nitrogens with one attached hydrogen (secondary N) is 1. The van der Waals surface area contributed by atoms with E-state index >= 15 is 0 Å². The number of hydrogen-bond acceptors (Lipinski definition) is 4. The third-order valence-corrected chi connectivity index (χ3v) is 8.29. The Kier molecular flexibility index (Phi) is 9.07. The summed E-state index contributed by atoms with van der Waals surface area (Å²) >= 11 is 12.4. The van der Waals surface area contributed by atoms with Crippen molar-refractivity contribution < 1.29 is 18.0 Å². The van der Waals surface area contributed by atoms with Gasteiger partial charge in [-0.15, -0.1) is 0 Å². The molecule has 0 bridgehead atoms. The van der Waals surface area contributed by atoms with Crippen molar-refractivity contribution in [1.82, 2.24) is 10.2 Å². The molecule has 0 aliphatic heterocycles. The van der Waals surface area contributed by atoms with Crippen LogP contribution in [0.2, 0.25) is 10.0 Å². The largest absolute Gasteiger partial charge is 0.352 e. The van der Waals surface area contributed by atoms with Crippen molar-refractivity contribution in [3.8, 4) is 0 Å². The van der Waals surface area contributed by atoms with Gasteiger partial charge in [0.1, 0.15) is 12.6 Å². The fourth-order valence-electron chi connectivity index (χ4n) is 4.23. The van der Waals surface area contributed by atoms with Crippen molar-refractivity contribution in [3.63, 3.8) is 0 Å². The highest BCUT2D eigenvalue weighted by atomic mass is 35.5. The molecular formula is C25H31Cl2N3O4S. The van der Waals surface area contributed by atoms with E-state index in [4.69, 9.17) is 23.2 Å². The Morgan fingerprint density at radius 1 is 1.09 bits per heavy atom. The Morgan fingerprint density at radius 2 is 1.74 bits per heavy atom. The predicted octanol–water partition coefficient (Wildman–Crippen LogP) is 4.54. The van der Waals surface area contributed by atoms with Crippen molar-refractivity contribution in [2.45, 2.75) is 58.2 Å². The average molecular weight is 541 g/mol. The number of rotatable bonds is 9. The fraction of sp³-hybridized carbons (Fsp3) is 0.440. The van der Waals surface area contributed by atoms with Crippen LogP contribution in [0.3, 0.4) is 0 Å². The van der Waals surface area contributed by atoms with E-state index < -0.39 is 28.5 Å². The maximum absolute atomic E-state index is 13.6. The molecule has 3 rings (SSSR count). The monoisotopic (exact) mass is 539 g/mol. The maximum atomic E-state index is 13.6. The second-order valence-corrected chi connectivity index (χ2v) is 11.6. The number of carbonyl (C=O) groups is 2. The molecule has 0 radical (unpaired) electrons. The molecule has 7 nitrogen and oxygen atoms in total. The van der Waals surface area contributed by atoms with Crippen LogP contribution >= 0.6 is 23.2 Å². The molecule has 0 aromatic heterocycles. The first-order valence-corrected chi connectivity index (χ1v) is 14.2. The summed E-state index contributed by atoms with van der Waals surface area (Å²) in [4.78, 5) is 28.1. The zero-order valence-electron chi connectivity index (χ0n) is 20.1. The molecule has 1 aliphatic carbocycles. The number of hydrogen-bond donors (Lipinski definition) is 1. The van der Waals surface area contributed by atoms with Gasteiger partial charge in [-0.2, -0.15) is 0 Å². The summed E-state index contributed by atoms with van der Waals surface area (Å²) < 4.78 is 26.3. The van der Waals surface area contributed by atoms with Crippen LogP contribution in [0, 0.1) is 6.92 Å². The molecule has 1 saturated carbocycles. The SMILES string of the molecule is Cc1ccccc1CN(C(=O)CN(c1cccc(Cl)c1Cl)S(C)(=O)=O)C(C)C(=O)NC1CCCC1. The smallest absolute Gasteiger partial charge is 0.244 e. The highest BCUT2D eigenvalue weighted by Crippen LogP contribution is 2.33. The Labute approximate surface area is 217 Å². The Hall–Kier alpha value is -2.29. The second kappa shape index (κ2) is 11.6. The van der Waals surface area contributed by atoms with Crippen molar-refractivity contribution in [3.05, 3.63) is 63.6 Å². The predicted molar refractivity (Wildman–Crippen MR) is 140 cm³/mol. The molecular weight excluding hydrogens is 509 g/mol. The van der Waals surface area contributed by atoms with Crippen molar-refractivity contribution in [2.24, 2.45) is 0 Å². The first-order chi connectivity index (χ1) is 16.5. The van der Waals surface area contributed by atoms with Crippen molar-refractivity contribution in [1.29, 1.82) is 0 Å². The van der Waals surface area contributed by atoms with Crippen LogP contribution in [0.5, 0.6) is 0 Å². The number of carbonyl (C=O) groups excluding carboxylic acids is 2. The van der Waals surface area contributed by atoms with Gasteiger partial charge >= 0.3 is 0 Å². The van der Waals surface area contributed by atoms with Crippen LogP contribution in [0.4, 0.5) is 5.69 Å². The third kappa shape index (κ3) is 6.90. The fourth-order valence-corrected chi connectivity index (χ4v) is 5.53. The first kappa shape index (κ1) is 27.3. The van der Waals surface area contributed by atoms with Crippen LogP contribution in [0.1, 0.15) is 43.7 Å². The van der Waals surface area contributed by atoms with E-state index in [-0.39, 0.29) is 34.2 Å². The average Bonchev–Trinajstić information content (AvgIpc) is 3.30. The molecule has 0 saturated heterocycles. The molecule has 2 aromatic rings. The molecule has 1 N–H and O–H groups in total. The van der Waals surface area contributed by atoms with E-state index in [1.54, 1.807) is 13.0 Å². The number of halogens is 2. The molecule has 2 aromatic carbocycles. The minimum absolute atomic E-state index is 0.0323. The molecule has 35 heavy (non-hydrogen) atoms. The van der Waals surface area contributed by atoms with E-state index in [1.807, 2.05) is 31.2 Å². The standard InChI is InChI=1S/C25H31Cl2N3O4S/c1-17-9-4-5-10-19(17)15-29(18(2)25(32)28-20-11-6-7-12-20)23(31)16-30(35(3,33)34)22-14-8-13-21(26)24(22)27/h4-5,8-10,13-14,18,20H,6-7,11-12,15-16H2,1-3H3,(H,28,32). The van der Waals surface area contributed by atoms with Gasteiger partial charge in [0.2, 0.25) is 21.8 Å². The van der Waals surface area contributed by atoms with Crippen LogP contribution in [-0.2, 0) is 26.2 Å². The zero-order valence-corrected chi connectivity index (χ0v) is 22.5. The highest BCUT2D eigenvalue weighted by Gasteiger charge is 2.32. The van der Waals surface area contributed by atoms with Gasteiger partial charge in [-0.25, -0.2) is 8.42 Å². The summed E-state index contributed by atoms with van der Waals surface area (Å²) in [6.07, 6.45) is 4.96. The van der Waals surface area contributed by atoms with Crippen LogP contribution in [-0.4, -0.2) is 50.0 Å². The van der Waals surface area contributed by atoms with Gasteiger partial charge in [0.25, 0.3) is 0 Å². The molecule has 2 amide bonds. The lowest BCUT2D eigenvalue weighted by molar-refractivity contribution is -0.139. The van der Waals surface area contributed by atoms with E-state index in [2.05, 4.69) is 5.32 Å². The molecule has 10 heteroatoms. The van der Waals surface area contributed by atoms with Gasteiger partial charge in [0.05, 0.1) is 22.0 Å². The van der Waals surface area contributed by atoms with E-state index in [0.717, 1.165) is 47.4 Å². The van der Waals surface area contributed by atoms with E-state index in [0.29, 0.717) is 0 Å². The molecule has 1 unspecified atom stereocenters. The second-order valence-electron chi connectivity index (χ2n) is 8.96. The summed E-state index contributed by atoms with van der Waals surface area (Å²) in [5.41, 5.74) is 1.94. The topological polar surface area (TPSA) is 86.8 Å². The highest BCUT2D eigenvalue weighted by molar-refractivity contribution is 7.92. The third-order valence-electron chi connectivity index (χ3n) is 6.35. The molecule has 0 spiro atoms. The van der Waals surface area contributed by atoms with Gasteiger partial charge in [-0.1, -0.05) is 66.4 Å². The Bertz CT molecular complexity index is 1180. The minimum atomic E-state index is -3.89. The first-order valence-electron chi connectivity index (χ1n) is 11.5. The number of nitrogens with zero attached hydrogens (tertiary/aromatic N) is 2. The Balaban J connectivity index is 1.92. The molecule has 1 atom stereocenters. The lowest BCUT2D eigenvalue weighted by Crippen LogP contribution is -2.52. The molecule has 1 fully saturated rings. The molecule has 1 aliphatic rings. The van der Waals surface area contributed by atoms with Gasteiger partial charge < -0.3 is 10.2 Å². The molecule has 190 valence electrons. The summed E-state index contributed by atoms with van der Waals surface area (Å²) in [5, 5.41) is 3.25. The summed E-state index contributed by atoms with van der Waals surface area (Å²) in [5.74, 6) is -0.783. The summed E-state index contributed by atoms with van der Waals surface area (Å²) in [7, 11) is -3.89. The number of sulfonamides is 1. The van der Waals surface area contributed by atoms with Crippen LogP contribution in [0.25, 0.3) is 0 Å². The number of amides is 2. The van der Waals surface area contributed by atoms with Gasteiger partial charge in [0.15, 0.2) is 0 Å². The quantitative estimate of drug-likeness (QED) is 0.506. The van der Waals surface area contributed by atoms with Crippen LogP contribution in [0.15, 0.2) is 42.5 Å². The summed E-state index contributed by atoms with van der Waals surface area (Å²) in [6, 6.07) is 11.5. The van der Waals surface area contributed by atoms with E-state index in [9.17, 15) is 18.0 Å². The number of aryl methyl sites for hydroxylation is 1. The van der Waals surface area contributed by atoms with Gasteiger partial charge in [-0.3, -0.25) is 13.9 Å². The number of benzene rings is 2. The lowest BCUT2D eigenvalue weighted by Gasteiger charge is -2.32. The Morgan fingerprint density at radius 3 is 2.37 bits per heavy atom.